The molecule has 3 rings (SSSR count). The molecule has 0 spiro atoms. The average molecular weight is 359 g/mol. The molecule has 0 heteroatoms. The van der Waals surface area contributed by atoms with E-state index in [-0.39, 0.29) is 0 Å². The van der Waals surface area contributed by atoms with Crippen molar-refractivity contribution in [2.24, 2.45) is 0 Å². The van der Waals surface area contributed by atoms with Gasteiger partial charge in [-0.3, -0.25) is 0 Å². The highest BCUT2D eigenvalue weighted by atomic mass is 14.0. The maximum absolute atomic E-state index is 2.24. The van der Waals surface area contributed by atoms with Crippen molar-refractivity contribution in [2.75, 3.05) is 0 Å². The maximum atomic E-state index is 2.24. The third kappa shape index (κ3) is 12.5. The third-order valence-electron chi connectivity index (χ3n) is 2.61. The second kappa shape index (κ2) is 28.0. The summed E-state index contributed by atoms with van der Waals surface area (Å²) >= 11 is 0. The van der Waals surface area contributed by atoms with E-state index in [9.17, 15) is 0 Å². The van der Waals surface area contributed by atoms with E-state index in [4.69, 9.17) is 0 Å². The van der Waals surface area contributed by atoms with E-state index in [1.807, 2.05) is 83.1 Å². The van der Waals surface area contributed by atoms with Crippen LogP contribution in [0.1, 0.15) is 83.1 Å². The number of hydrogen-bond donors (Lipinski definition) is 0. The quantitative estimate of drug-likeness (QED) is 0.350. The Labute approximate surface area is 165 Å². The van der Waals surface area contributed by atoms with Crippen molar-refractivity contribution < 1.29 is 0 Å². The van der Waals surface area contributed by atoms with Gasteiger partial charge < -0.3 is 0 Å². The van der Waals surface area contributed by atoms with Gasteiger partial charge in [-0.25, -0.2) is 0 Å². The molecule has 3 aromatic rings. The highest BCUT2D eigenvalue weighted by Crippen LogP contribution is 2.21. The number of hydrogen-bond acceptors (Lipinski definition) is 0. The van der Waals surface area contributed by atoms with Gasteiger partial charge in [0.15, 0.2) is 0 Å². The molecule has 0 aliphatic rings. The Hall–Kier alpha value is -1.82. The molecule has 0 radical (unpaired) electrons. The summed E-state index contributed by atoms with van der Waals surface area (Å²) in [4.78, 5) is 0. The van der Waals surface area contributed by atoms with Crippen LogP contribution in [0.2, 0.25) is 0 Å². The molecule has 0 nitrogen and oxygen atoms in total. The van der Waals surface area contributed by atoms with Crippen molar-refractivity contribution in [2.45, 2.75) is 83.1 Å². The van der Waals surface area contributed by atoms with Crippen LogP contribution in [0.15, 0.2) is 60.7 Å². The fraction of sp³-hybridized carbons (Fsp3) is 0.462. The van der Waals surface area contributed by atoms with Crippen LogP contribution >= 0.6 is 0 Å². The fourth-order valence-corrected chi connectivity index (χ4v) is 1.88. The molecule has 0 amide bonds. The highest BCUT2D eigenvalue weighted by molar-refractivity contribution is 5.98. The van der Waals surface area contributed by atoms with Gasteiger partial charge in [-0.05, 0) is 33.7 Å². The van der Waals surface area contributed by atoms with Crippen LogP contribution in [-0.4, -0.2) is 0 Å². The molecule has 150 valence electrons. The number of rotatable bonds is 0. The molecule has 0 heterocycles. The first-order valence-electron chi connectivity index (χ1n) is 10.8. The standard InChI is InChI=1S/C14H10.6C2H6/c1-2-6-12-10-14-8-4-3-7-13(14)9-11(12)5-1;6*1-2/h1-10H;6*1-2H3. The Bertz CT molecular complexity index is 489. The van der Waals surface area contributed by atoms with Gasteiger partial charge in [0.05, 0.1) is 0 Å². The molecule has 0 saturated carbocycles. The minimum Gasteiger partial charge on any atom is -0.0683 e. The lowest BCUT2D eigenvalue weighted by Gasteiger charge is -2.00. The van der Waals surface area contributed by atoms with Crippen LogP contribution in [0.4, 0.5) is 0 Å². The zero-order valence-corrected chi connectivity index (χ0v) is 19.8. The molecule has 0 atom stereocenters. The summed E-state index contributed by atoms with van der Waals surface area (Å²) in [6.45, 7) is 24.0. The molecule has 3 aromatic carbocycles. The van der Waals surface area contributed by atoms with Crippen LogP contribution in [0.25, 0.3) is 21.5 Å². The minimum atomic E-state index is 1.31. The normalized spacial score (nSPS) is 7.23. The summed E-state index contributed by atoms with van der Waals surface area (Å²) in [6.07, 6.45) is 0. The second-order valence-electron chi connectivity index (χ2n) is 3.55. The molecule has 0 bridgehead atoms. The topological polar surface area (TPSA) is 0 Å². The summed E-state index contributed by atoms with van der Waals surface area (Å²) in [5.41, 5.74) is 0. The van der Waals surface area contributed by atoms with E-state index >= 15 is 0 Å². The zero-order valence-electron chi connectivity index (χ0n) is 19.8. The van der Waals surface area contributed by atoms with Gasteiger partial charge in [-0.1, -0.05) is 132 Å². The highest BCUT2D eigenvalue weighted by Gasteiger charge is 1.95. The Morgan fingerprint density at radius 2 is 0.462 bits per heavy atom. The first-order valence-corrected chi connectivity index (χ1v) is 10.8. The molecular formula is C26H46. The van der Waals surface area contributed by atoms with Gasteiger partial charge >= 0.3 is 0 Å². The van der Waals surface area contributed by atoms with E-state index in [0.717, 1.165) is 0 Å². The van der Waals surface area contributed by atoms with Crippen molar-refractivity contribution in [3.05, 3.63) is 60.7 Å². The van der Waals surface area contributed by atoms with Crippen molar-refractivity contribution in [1.82, 2.24) is 0 Å². The second-order valence-corrected chi connectivity index (χ2v) is 3.55. The SMILES string of the molecule is CC.CC.CC.CC.CC.CC.c1ccc2cc3ccccc3cc2c1. The van der Waals surface area contributed by atoms with E-state index in [2.05, 4.69) is 60.7 Å². The Morgan fingerprint density at radius 3 is 0.615 bits per heavy atom. The van der Waals surface area contributed by atoms with Crippen LogP contribution in [-0.2, 0) is 0 Å². The van der Waals surface area contributed by atoms with Gasteiger partial charge in [0, 0.05) is 0 Å². The van der Waals surface area contributed by atoms with E-state index in [0.29, 0.717) is 0 Å². The summed E-state index contributed by atoms with van der Waals surface area (Å²) in [5, 5.41) is 5.25. The van der Waals surface area contributed by atoms with Crippen molar-refractivity contribution in [3.63, 3.8) is 0 Å². The minimum absolute atomic E-state index is 1.31. The van der Waals surface area contributed by atoms with Crippen LogP contribution in [0.3, 0.4) is 0 Å². The summed E-state index contributed by atoms with van der Waals surface area (Å²) in [5.74, 6) is 0. The Balaban J connectivity index is -0.000000174. The van der Waals surface area contributed by atoms with Crippen LogP contribution in [0, 0.1) is 0 Å². The maximum Gasteiger partial charge on any atom is -0.0178 e. The molecule has 0 aliphatic heterocycles. The van der Waals surface area contributed by atoms with E-state index in [1.165, 1.54) is 21.5 Å². The lowest BCUT2D eigenvalue weighted by Crippen LogP contribution is -1.74. The first-order chi connectivity index (χ1) is 12.9. The summed E-state index contributed by atoms with van der Waals surface area (Å²) in [7, 11) is 0. The molecule has 0 unspecified atom stereocenters. The number of fused-ring (bicyclic) bond motifs is 2. The van der Waals surface area contributed by atoms with E-state index in [1.54, 1.807) is 0 Å². The Kier molecular flexibility index (Phi) is 34.4. The van der Waals surface area contributed by atoms with E-state index < -0.39 is 0 Å². The summed E-state index contributed by atoms with van der Waals surface area (Å²) < 4.78 is 0. The van der Waals surface area contributed by atoms with Gasteiger partial charge in [0.25, 0.3) is 0 Å². The zero-order chi connectivity index (χ0) is 21.4. The predicted octanol–water partition coefficient (Wildman–Crippen LogP) is 10.2. The molecule has 0 aromatic heterocycles. The van der Waals surface area contributed by atoms with Gasteiger partial charge in [0.1, 0.15) is 0 Å². The molecule has 0 fully saturated rings. The monoisotopic (exact) mass is 358 g/mol. The predicted molar refractivity (Wildman–Crippen MR) is 130 cm³/mol. The molecule has 0 N–H and O–H groups in total. The Morgan fingerprint density at radius 1 is 0.308 bits per heavy atom. The van der Waals surface area contributed by atoms with Crippen molar-refractivity contribution in [1.29, 1.82) is 0 Å². The average Bonchev–Trinajstić information content (AvgIpc) is 2.80. The molecule has 0 saturated heterocycles. The number of benzene rings is 3. The van der Waals surface area contributed by atoms with Crippen molar-refractivity contribution in [3.8, 4) is 0 Å². The van der Waals surface area contributed by atoms with Gasteiger partial charge in [-0.2, -0.15) is 0 Å². The van der Waals surface area contributed by atoms with Crippen LogP contribution in [0.5, 0.6) is 0 Å². The largest absolute Gasteiger partial charge is 0.0683 e. The smallest absolute Gasteiger partial charge is 0.0178 e. The third-order valence-corrected chi connectivity index (χ3v) is 2.61. The molecule has 26 heavy (non-hydrogen) atoms. The summed E-state index contributed by atoms with van der Waals surface area (Å²) in [6, 6.07) is 21.4. The fourth-order valence-electron chi connectivity index (χ4n) is 1.88. The lowest BCUT2D eigenvalue weighted by atomic mass is 10.0. The lowest BCUT2D eigenvalue weighted by molar-refractivity contribution is 1.50. The molecular weight excluding hydrogens is 312 g/mol. The van der Waals surface area contributed by atoms with Gasteiger partial charge in [0.2, 0.25) is 0 Å². The van der Waals surface area contributed by atoms with Gasteiger partial charge in [-0.15, -0.1) is 0 Å². The molecule has 0 aliphatic carbocycles. The first kappa shape index (κ1) is 31.9. The van der Waals surface area contributed by atoms with Crippen LogP contribution < -0.4 is 0 Å². The van der Waals surface area contributed by atoms with Crippen molar-refractivity contribution >= 4 is 21.5 Å².